The minimum Gasteiger partial charge on any atom is -0.481 e. The first-order valence-electron chi connectivity index (χ1n) is 17.2. The van der Waals surface area contributed by atoms with Gasteiger partial charge in [0.05, 0.1) is 6.42 Å². The van der Waals surface area contributed by atoms with E-state index in [9.17, 15) is 19.8 Å². The van der Waals surface area contributed by atoms with Crippen molar-refractivity contribution in [3.63, 3.8) is 0 Å². The number of hydrogen-bond acceptors (Lipinski definition) is 4. The Kier molecular flexibility index (Phi) is 27.8. The van der Waals surface area contributed by atoms with Crippen molar-refractivity contribution in [1.82, 2.24) is 0 Å². The van der Waals surface area contributed by atoms with Crippen LogP contribution >= 0.6 is 11.8 Å². The third kappa shape index (κ3) is 25.0. The quantitative estimate of drug-likeness (QED) is 0.0536. The molecule has 0 aromatic carbocycles. The molecule has 0 amide bonds. The highest BCUT2D eigenvalue weighted by molar-refractivity contribution is 8.01. The van der Waals surface area contributed by atoms with E-state index in [1.807, 2.05) is 0 Å². The number of aliphatic hydroxyl groups is 1. The van der Waals surface area contributed by atoms with E-state index in [0.717, 1.165) is 50.3 Å². The molecular formula is C34H66O5S. The molecule has 0 bridgehead atoms. The number of unbranched alkanes of at least 4 members (excludes halogenated alkanes) is 23. The van der Waals surface area contributed by atoms with Gasteiger partial charge in [0.2, 0.25) is 4.93 Å². The zero-order valence-corrected chi connectivity index (χ0v) is 27.3. The predicted octanol–water partition coefficient (Wildman–Crippen LogP) is 10.9. The summed E-state index contributed by atoms with van der Waals surface area (Å²) < 4.78 is 0. The van der Waals surface area contributed by atoms with Crippen molar-refractivity contribution in [2.24, 2.45) is 0 Å². The van der Waals surface area contributed by atoms with Crippen LogP contribution in [0.2, 0.25) is 0 Å². The van der Waals surface area contributed by atoms with E-state index in [1.165, 1.54) is 135 Å². The first-order chi connectivity index (χ1) is 19.4. The van der Waals surface area contributed by atoms with Crippen LogP contribution in [0.25, 0.3) is 0 Å². The van der Waals surface area contributed by atoms with Gasteiger partial charge in [-0.3, -0.25) is 4.79 Å². The largest absolute Gasteiger partial charge is 0.481 e. The highest BCUT2D eigenvalue weighted by atomic mass is 32.2. The smallest absolute Gasteiger partial charge is 0.347 e. The molecule has 3 N–H and O–H groups in total. The summed E-state index contributed by atoms with van der Waals surface area (Å²) in [7, 11) is 0. The molecular weight excluding hydrogens is 520 g/mol. The maximum Gasteiger partial charge on any atom is 0.347 e. The zero-order chi connectivity index (χ0) is 29.7. The van der Waals surface area contributed by atoms with Crippen molar-refractivity contribution < 1.29 is 24.9 Å². The molecule has 40 heavy (non-hydrogen) atoms. The highest BCUT2D eigenvalue weighted by Crippen LogP contribution is 2.36. The van der Waals surface area contributed by atoms with Gasteiger partial charge in [-0.2, -0.15) is 0 Å². The fourth-order valence-corrected chi connectivity index (χ4v) is 6.94. The molecule has 0 aliphatic carbocycles. The van der Waals surface area contributed by atoms with Crippen LogP contribution < -0.4 is 0 Å². The van der Waals surface area contributed by atoms with Crippen molar-refractivity contribution in [3.05, 3.63) is 0 Å². The Labute approximate surface area is 252 Å². The van der Waals surface area contributed by atoms with Crippen molar-refractivity contribution >= 4 is 23.7 Å². The lowest BCUT2D eigenvalue weighted by molar-refractivity contribution is -0.156. The molecule has 2 atom stereocenters. The second-order valence-corrected chi connectivity index (χ2v) is 13.7. The van der Waals surface area contributed by atoms with Crippen LogP contribution in [-0.4, -0.2) is 37.4 Å². The molecule has 0 fully saturated rings. The summed E-state index contributed by atoms with van der Waals surface area (Å²) in [5, 5.41) is 29.2. The van der Waals surface area contributed by atoms with Crippen LogP contribution in [0.1, 0.15) is 194 Å². The summed E-state index contributed by atoms with van der Waals surface area (Å²) in [4.78, 5) is 20.6. The molecule has 0 heterocycles. The second-order valence-electron chi connectivity index (χ2n) is 12.1. The molecule has 0 aromatic heterocycles. The van der Waals surface area contributed by atoms with Crippen molar-refractivity contribution in [3.8, 4) is 0 Å². The number of aliphatic carboxylic acids is 2. The minimum atomic E-state index is -2.24. The molecule has 6 heteroatoms. The fraction of sp³-hybridized carbons (Fsp3) is 0.941. The number of thioether (sulfide) groups is 1. The molecule has 0 rings (SSSR count). The van der Waals surface area contributed by atoms with Gasteiger partial charge >= 0.3 is 11.9 Å². The number of carboxylic acids is 2. The molecule has 0 saturated heterocycles. The Bertz CT molecular complexity index is 585. The van der Waals surface area contributed by atoms with Crippen molar-refractivity contribution in [1.29, 1.82) is 0 Å². The van der Waals surface area contributed by atoms with Crippen LogP contribution in [0.15, 0.2) is 0 Å². The van der Waals surface area contributed by atoms with Crippen LogP contribution in [0.3, 0.4) is 0 Å². The van der Waals surface area contributed by atoms with Gasteiger partial charge in [0, 0.05) is 5.25 Å². The Morgan fingerprint density at radius 2 is 0.800 bits per heavy atom. The molecule has 238 valence electrons. The monoisotopic (exact) mass is 586 g/mol. The highest BCUT2D eigenvalue weighted by Gasteiger charge is 2.41. The van der Waals surface area contributed by atoms with Crippen LogP contribution in [0, 0.1) is 0 Å². The van der Waals surface area contributed by atoms with Gasteiger partial charge in [0.1, 0.15) is 0 Å². The van der Waals surface area contributed by atoms with E-state index < -0.39 is 23.3 Å². The van der Waals surface area contributed by atoms with Gasteiger partial charge < -0.3 is 15.3 Å². The fourth-order valence-electron chi connectivity index (χ4n) is 5.51. The summed E-state index contributed by atoms with van der Waals surface area (Å²) in [5.74, 6) is -2.72. The minimum absolute atomic E-state index is 0.0165. The van der Waals surface area contributed by atoms with E-state index >= 15 is 0 Å². The number of hydrogen-bond donors (Lipinski definition) is 3. The summed E-state index contributed by atoms with van der Waals surface area (Å²) >= 11 is 0.965. The van der Waals surface area contributed by atoms with E-state index in [-0.39, 0.29) is 5.25 Å². The van der Waals surface area contributed by atoms with E-state index in [1.54, 1.807) is 0 Å². The lowest BCUT2D eigenvalue weighted by Crippen LogP contribution is -2.39. The maximum atomic E-state index is 11.7. The Balaban J connectivity index is 4.01. The Morgan fingerprint density at radius 1 is 0.525 bits per heavy atom. The van der Waals surface area contributed by atoms with Gasteiger partial charge in [0.15, 0.2) is 0 Å². The molecule has 0 radical (unpaired) electrons. The standard InChI is InChI=1S/C34H66O5S/c1-3-5-7-9-11-12-13-14-15-16-17-18-19-20-21-23-25-27-29-31(28-26-24-22-10-8-6-4-2)40-34(39,33(37)38)30-32(35)36/h31,39H,3-30H2,1-2H3,(H,35,36)(H,37,38). The van der Waals surface area contributed by atoms with Crippen LogP contribution in [0.5, 0.6) is 0 Å². The third-order valence-electron chi connectivity index (χ3n) is 8.10. The molecule has 0 aliphatic heterocycles. The molecule has 0 aliphatic rings. The summed E-state index contributed by atoms with van der Waals surface area (Å²) in [6.07, 6.45) is 33.2. The Hall–Kier alpha value is -0.750. The summed E-state index contributed by atoms with van der Waals surface area (Å²) in [6, 6.07) is 0. The van der Waals surface area contributed by atoms with Gasteiger partial charge in [-0.05, 0) is 12.8 Å². The third-order valence-corrected chi connectivity index (χ3v) is 9.61. The SMILES string of the molecule is CCCCCCCCCCCCCCCCCCCCC(CCCCCCCCC)SC(O)(CC(=O)O)C(=O)O. The normalized spacial score (nSPS) is 13.8. The van der Waals surface area contributed by atoms with Crippen LogP contribution in [0.4, 0.5) is 0 Å². The van der Waals surface area contributed by atoms with E-state index in [0.29, 0.717) is 0 Å². The van der Waals surface area contributed by atoms with Gasteiger partial charge in [-0.15, -0.1) is 11.8 Å². The second kappa shape index (κ2) is 28.4. The molecule has 2 unspecified atom stereocenters. The first kappa shape index (κ1) is 39.2. The molecule has 0 aromatic rings. The lowest BCUT2D eigenvalue weighted by Gasteiger charge is -2.27. The maximum absolute atomic E-state index is 11.7. The molecule has 0 saturated carbocycles. The number of carbonyl (C=O) groups is 2. The molecule has 5 nitrogen and oxygen atoms in total. The first-order valence-corrected chi connectivity index (χ1v) is 18.1. The van der Waals surface area contributed by atoms with Crippen molar-refractivity contribution in [2.45, 2.75) is 204 Å². The van der Waals surface area contributed by atoms with Gasteiger partial charge in [-0.25, -0.2) is 4.79 Å². The lowest BCUT2D eigenvalue weighted by atomic mass is 10.0. The summed E-state index contributed by atoms with van der Waals surface area (Å²) in [5.41, 5.74) is 0. The van der Waals surface area contributed by atoms with Crippen molar-refractivity contribution in [2.75, 3.05) is 0 Å². The summed E-state index contributed by atoms with van der Waals surface area (Å²) in [6.45, 7) is 4.49. The van der Waals surface area contributed by atoms with Gasteiger partial charge in [-0.1, -0.05) is 174 Å². The molecule has 0 spiro atoms. The predicted molar refractivity (Wildman–Crippen MR) is 172 cm³/mol. The Morgan fingerprint density at radius 3 is 1.05 bits per heavy atom. The van der Waals surface area contributed by atoms with E-state index in [2.05, 4.69) is 13.8 Å². The zero-order valence-electron chi connectivity index (χ0n) is 26.4. The van der Waals surface area contributed by atoms with Crippen LogP contribution in [-0.2, 0) is 9.59 Å². The average molecular weight is 587 g/mol. The average Bonchev–Trinajstić information content (AvgIpc) is 2.91. The topological polar surface area (TPSA) is 94.8 Å². The number of rotatable bonds is 32. The number of carboxylic acid groups (broad SMARTS) is 2. The van der Waals surface area contributed by atoms with Gasteiger partial charge in [0.25, 0.3) is 0 Å². The van der Waals surface area contributed by atoms with E-state index in [4.69, 9.17) is 5.11 Å².